The van der Waals surface area contributed by atoms with Gasteiger partial charge in [-0.05, 0) is 12.1 Å². The molecule has 0 fully saturated rings. The molecule has 0 radical (unpaired) electrons. The monoisotopic (exact) mass is 248 g/mol. The summed E-state index contributed by atoms with van der Waals surface area (Å²) in [7, 11) is 0. The summed E-state index contributed by atoms with van der Waals surface area (Å²) >= 11 is 5.86. The molecule has 5 nitrogen and oxygen atoms in total. The number of benzene rings is 1. The summed E-state index contributed by atoms with van der Waals surface area (Å²) in [5.41, 5.74) is 1.20. The number of nitrogens with zero attached hydrogens (tertiary/aromatic N) is 2. The summed E-state index contributed by atoms with van der Waals surface area (Å²) in [6.07, 6.45) is 1.85. The van der Waals surface area contributed by atoms with Crippen molar-refractivity contribution >= 4 is 35.2 Å². The third kappa shape index (κ3) is 2.70. The van der Waals surface area contributed by atoms with Crippen molar-refractivity contribution in [2.75, 3.05) is 10.6 Å². The number of nitrogens with one attached hydrogen (secondary N) is 2. The molecule has 0 aliphatic heterocycles. The number of amides is 1. The van der Waals surface area contributed by atoms with Gasteiger partial charge in [0.1, 0.15) is 12.0 Å². The maximum Gasteiger partial charge on any atom is 0.211 e. The Morgan fingerprint density at radius 1 is 1.18 bits per heavy atom. The lowest BCUT2D eigenvalue weighted by molar-refractivity contribution is -0.105. The fourth-order valence-corrected chi connectivity index (χ4v) is 1.49. The Labute approximate surface area is 103 Å². The average Bonchev–Trinajstić information content (AvgIpc) is 2.35. The molecule has 2 rings (SSSR count). The smallest absolute Gasteiger partial charge is 0.211 e. The van der Waals surface area contributed by atoms with Crippen LogP contribution in [0.5, 0.6) is 0 Å². The molecule has 2 N–H and O–H groups in total. The van der Waals surface area contributed by atoms with E-state index in [-0.39, 0.29) is 5.15 Å². The highest BCUT2D eigenvalue weighted by molar-refractivity contribution is 6.32. The lowest BCUT2D eigenvalue weighted by Gasteiger charge is -2.10. The number of hydrogen-bond donors (Lipinski definition) is 2. The standard InChI is InChI=1S/C11H9ClN4O/c12-10-9(15-7-17)11(14-6-13-10)16-8-4-2-1-3-5-8/h1-7H,(H,15,17)(H,13,14,16). The summed E-state index contributed by atoms with van der Waals surface area (Å²) in [6, 6.07) is 9.43. The molecule has 6 heteroatoms. The molecular formula is C11H9ClN4O. The normalized spacial score (nSPS) is 9.71. The first-order valence-corrected chi connectivity index (χ1v) is 5.22. The van der Waals surface area contributed by atoms with E-state index < -0.39 is 0 Å². The topological polar surface area (TPSA) is 66.9 Å². The molecule has 0 aliphatic carbocycles. The summed E-state index contributed by atoms with van der Waals surface area (Å²) in [4.78, 5) is 18.3. The van der Waals surface area contributed by atoms with Crippen molar-refractivity contribution in [2.24, 2.45) is 0 Å². The molecule has 86 valence electrons. The van der Waals surface area contributed by atoms with E-state index in [1.165, 1.54) is 6.33 Å². The third-order valence-electron chi connectivity index (χ3n) is 2.04. The second kappa shape index (κ2) is 5.27. The van der Waals surface area contributed by atoms with Crippen LogP contribution >= 0.6 is 11.6 Å². The van der Waals surface area contributed by atoms with Crippen molar-refractivity contribution in [1.29, 1.82) is 0 Å². The molecule has 1 aromatic heterocycles. The fourth-order valence-electron chi connectivity index (χ4n) is 1.30. The van der Waals surface area contributed by atoms with Gasteiger partial charge < -0.3 is 10.6 Å². The first-order chi connectivity index (χ1) is 8.31. The molecule has 2 aromatic rings. The highest BCUT2D eigenvalue weighted by Gasteiger charge is 2.08. The van der Waals surface area contributed by atoms with E-state index in [2.05, 4.69) is 20.6 Å². The molecular weight excluding hydrogens is 240 g/mol. The van der Waals surface area contributed by atoms with Crippen LogP contribution in [0.3, 0.4) is 0 Å². The molecule has 1 aromatic carbocycles. The molecule has 0 bridgehead atoms. The van der Waals surface area contributed by atoms with Crippen molar-refractivity contribution in [3.8, 4) is 0 Å². The molecule has 1 amide bonds. The molecule has 0 saturated carbocycles. The van der Waals surface area contributed by atoms with E-state index in [0.717, 1.165) is 5.69 Å². The Kier molecular flexibility index (Phi) is 3.52. The zero-order valence-electron chi connectivity index (χ0n) is 8.72. The van der Waals surface area contributed by atoms with Gasteiger partial charge in [0, 0.05) is 5.69 Å². The van der Waals surface area contributed by atoms with E-state index in [9.17, 15) is 4.79 Å². The van der Waals surface area contributed by atoms with Crippen LogP contribution in [0.2, 0.25) is 5.15 Å². The quantitative estimate of drug-likeness (QED) is 0.644. The number of hydrogen-bond acceptors (Lipinski definition) is 4. The Morgan fingerprint density at radius 3 is 2.65 bits per heavy atom. The second-order valence-electron chi connectivity index (χ2n) is 3.14. The summed E-state index contributed by atoms with van der Waals surface area (Å²) in [6.45, 7) is 0. The number of para-hydroxylation sites is 1. The van der Waals surface area contributed by atoms with Gasteiger partial charge in [-0.2, -0.15) is 0 Å². The van der Waals surface area contributed by atoms with E-state index in [1.807, 2.05) is 30.3 Å². The molecule has 0 unspecified atom stereocenters. The van der Waals surface area contributed by atoms with Crippen LogP contribution in [0, 0.1) is 0 Å². The first kappa shape index (κ1) is 11.3. The molecule has 0 atom stereocenters. The van der Waals surface area contributed by atoms with Gasteiger partial charge in [-0.3, -0.25) is 4.79 Å². The number of anilines is 3. The van der Waals surface area contributed by atoms with Crippen molar-refractivity contribution in [1.82, 2.24) is 9.97 Å². The maximum absolute atomic E-state index is 10.5. The SMILES string of the molecule is O=CNc1c(Cl)ncnc1Nc1ccccc1. The summed E-state index contributed by atoms with van der Waals surface area (Å²) in [5, 5.41) is 5.69. The number of carbonyl (C=O) groups is 1. The van der Waals surface area contributed by atoms with Crippen LogP contribution in [0.15, 0.2) is 36.7 Å². The second-order valence-corrected chi connectivity index (χ2v) is 3.50. The van der Waals surface area contributed by atoms with Crippen molar-refractivity contribution < 1.29 is 4.79 Å². The van der Waals surface area contributed by atoms with Gasteiger partial charge in [0.15, 0.2) is 11.0 Å². The average molecular weight is 249 g/mol. The number of carbonyl (C=O) groups excluding carboxylic acids is 1. The van der Waals surface area contributed by atoms with Gasteiger partial charge >= 0.3 is 0 Å². The Morgan fingerprint density at radius 2 is 1.94 bits per heavy atom. The summed E-state index contributed by atoms with van der Waals surface area (Å²) in [5.74, 6) is 0.448. The lowest BCUT2D eigenvalue weighted by Crippen LogP contribution is -2.03. The molecule has 0 aliphatic rings. The van der Waals surface area contributed by atoms with Gasteiger partial charge in [-0.25, -0.2) is 9.97 Å². The largest absolute Gasteiger partial charge is 0.338 e. The van der Waals surface area contributed by atoms with Crippen LogP contribution in [-0.4, -0.2) is 16.4 Å². The van der Waals surface area contributed by atoms with Gasteiger partial charge in [0.05, 0.1) is 0 Å². The number of halogens is 1. The number of aromatic nitrogens is 2. The van der Waals surface area contributed by atoms with Crippen LogP contribution in [0.4, 0.5) is 17.2 Å². The van der Waals surface area contributed by atoms with E-state index >= 15 is 0 Å². The van der Waals surface area contributed by atoms with Gasteiger partial charge in [0.25, 0.3) is 0 Å². The van der Waals surface area contributed by atoms with Crippen molar-refractivity contribution in [3.05, 3.63) is 41.8 Å². The van der Waals surface area contributed by atoms with Gasteiger partial charge in [-0.15, -0.1) is 0 Å². The number of rotatable bonds is 4. The van der Waals surface area contributed by atoms with E-state index in [1.54, 1.807) is 0 Å². The molecule has 0 spiro atoms. The zero-order valence-corrected chi connectivity index (χ0v) is 9.48. The maximum atomic E-state index is 10.5. The highest BCUT2D eigenvalue weighted by atomic mass is 35.5. The van der Waals surface area contributed by atoms with Crippen LogP contribution in [0.1, 0.15) is 0 Å². The minimum Gasteiger partial charge on any atom is -0.338 e. The van der Waals surface area contributed by atoms with Crippen molar-refractivity contribution in [2.45, 2.75) is 0 Å². The molecule has 0 saturated heterocycles. The fraction of sp³-hybridized carbons (Fsp3) is 0. The summed E-state index contributed by atoms with van der Waals surface area (Å²) < 4.78 is 0. The molecule has 17 heavy (non-hydrogen) atoms. The zero-order chi connectivity index (χ0) is 12.1. The predicted octanol–water partition coefficient (Wildman–Crippen LogP) is 2.44. The minimum absolute atomic E-state index is 0.186. The van der Waals surface area contributed by atoms with E-state index in [0.29, 0.717) is 17.9 Å². The Balaban J connectivity index is 2.32. The minimum atomic E-state index is 0.186. The lowest BCUT2D eigenvalue weighted by atomic mass is 10.3. The van der Waals surface area contributed by atoms with Gasteiger partial charge in [-0.1, -0.05) is 29.8 Å². The van der Waals surface area contributed by atoms with Crippen molar-refractivity contribution in [3.63, 3.8) is 0 Å². The van der Waals surface area contributed by atoms with Gasteiger partial charge in [0.2, 0.25) is 6.41 Å². The van der Waals surface area contributed by atoms with E-state index in [4.69, 9.17) is 11.6 Å². The first-order valence-electron chi connectivity index (χ1n) is 4.84. The van der Waals surface area contributed by atoms with Crippen LogP contribution in [-0.2, 0) is 4.79 Å². The highest BCUT2D eigenvalue weighted by Crippen LogP contribution is 2.27. The van der Waals surface area contributed by atoms with Crippen LogP contribution < -0.4 is 10.6 Å². The third-order valence-corrected chi connectivity index (χ3v) is 2.33. The Hall–Kier alpha value is -2.14. The van der Waals surface area contributed by atoms with Crippen LogP contribution in [0.25, 0.3) is 0 Å². The molecule has 1 heterocycles. The predicted molar refractivity (Wildman–Crippen MR) is 66.5 cm³/mol. The Bertz CT molecular complexity index is 518.